The molecular weight excluding hydrogens is 286 g/mol. The van der Waals surface area contributed by atoms with Gasteiger partial charge in [0, 0.05) is 13.1 Å². The maximum absolute atomic E-state index is 12.3. The van der Waals surface area contributed by atoms with Crippen molar-refractivity contribution >= 4 is 11.5 Å². The van der Waals surface area contributed by atoms with E-state index in [9.17, 15) is 4.79 Å². The van der Waals surface area contributed by atoms with Gasteiger partial charge in [0.2, 0.25) is 0 Å². The van der Waals surface area contributed by atoms with Crippen LogP contribution in [0.25, 0.3) is 5.57 Å². The number of nitrogens with zero attached hydrogens (tertiary/aromatic N) is 1. The van der Waals surface area contributed by atoms with Crippen molar-refractivity contribution in [2.24, 2.45) is 0 Å². The van der Waals surface area contributed by atoms with E-state index in [4.69, 9.17) is 4.74 Å². The maximum Gasteiger partial charge on any atom is 0.335 e. The monoisotopic (exact) mass is 305 g/mol. The topological polar surface area (TPSA) is 29.5 Å². The molecule has 0 saturated carbocycles. The maximum atomic E-state index is 12.3. The second kappa shape index (κ2) is 5.67. The van der Waals surface area contributed by atoms with Crippen molar-refractivity contribution in [1.29, 1.82) is 0 Å². The molecule has 2 aromatic rings. The summed E-state index contributed by atoms with van der Waals surface area (Å²) in [6, 6.07) is 18.9. The summed E-state index contributed by atoms with van der Waals surface area (Å²) in [5, 5.41) is 0. The highest BCUT2D eigenvalue weighted by atomic mass is 16.5. The minimum atomic E-state index is -0.212. The van der Waals surface area contributed by atoms with Gasteiger partial charge in [-0.25, -0.2) is 4.79 Å². The van der Waals surface area contributed by atoms with Crippen molar-refractivity contribution in [3.8, 4) is 0 Å². The Morgan fingerprint density at radius 2 is 1.83 bits per heavy atom. The summed E-state index contributed by atoms with van der Waals surface area (Å²) >= 11 is 0. The molecule has 2 heterocycles. The fourth-order valence-corrected chi connectivity index (χ4v) is 3.83. The summed E-state index contributed by atoms with van der Waals surface area (Å²) in [6.45, 7) is 1.63. The summed E-state index contributed by atoms with van der Waals surface area (Å²) in [5.74, 6) is -0.212. The summed E-state index contributed by atoms with van der Waals surface area (Å²) in [7, 11) is 1.46. The number of fused-ring (bicyclic) bond motifs is 3. The molecule has 23 heavy (non-hydrogen) atoms. The fraction of sp³-hybridized carbons (Fsp3) is 0.250. The van der Waals surface area contributed by atoms with Gasteiger partial charge in [-0.15, -0.1) is 0 Å². The van der Waals surface area contributed by atoms with Gasteiger partial charge in [-0.05, 0) is 28.7 Å². The predicted octanol–water partition coefficient (Wildman–Crippen LogP) is 3.23. The van der Waals surface area contributed by atoms with E-state index in [1.54, 1.807) is 0 Å². The lowest BCUT2D eigenvalue weighted by Crippen LogP contribution is -2.33. The number of esters is 1. The molecule has 2 aromatic carbocycles. The Morgan fingerprint density at radius 3 is 2.61 bits per heavy atom. The van der Waals surface area contributed by atoms with Crippen LogP contribution in [0.15, 0.2) is 60.2 Å². The van der Waals surface area contributed by atoms with Gasteiger partial charge in [-0.2, -0.15) is 0 Å². The molecule has 116 valence electrons. The number of hydrogen-bond acceptors (Lipinski definition) is 3. The van der Waals surface area contributed by atoms with E-state index in [1.807, 2.05) is 18.2 Å². The normalized spacial score (nSPS) is 20.1. The van der Waals surface area contributed by atoms with Gasteiger partial charge < -0.3 is 4.74 Å². The predicted molar refractivity (Wildman–Crippen MR) is 89.8 cm³/mol. The first-order valence-electron chi connectivity index (χ1n) is 7.98. The van der Waals surface area contributed by atoms with E-state index in [2.05, 4.69) is 41.3 Å². The van der Waals surface area contributed by atoms with Crippen LogP contribution in [0.1, 0.15) is 22.7 Å². The van der Waals surface area contributed by atoms with Gasteiger partial charge in [-0.1, -0.05) is 54.6 Å². The van der Waals surface area contributed by atoms with Crippen molar-refractivity contribution < 1.29 is 9.53 Å². The first-order valence-corrected chi connectivity index (χ1v) is 7.98. The Balaban J connectivity index is 1.91. The largest absolute Gasteiger partial charge is 0.466 e. The number of hydrogen-bond donors (Lipinski definition) is 0. The second-order valence-corrected chi connectivity index (χ2v) is 6.07. The Morgan fingerprint density at radius 1 is 1.09 bits per heavy atom. The molecule has 0 aliphatic carbocycles. The summed E-state index contributed by atoms with van der Waals surface area (Å²) in [6.07, 6.45) is 1.03. The highest BCUT2D eigenvalue weighted by molar-refractivity contribution is 6.00. The van der Waals surface area contributed by atoms with Crippen LogP contribution in [0, 0.1) is 0 Å². The van der Waals surface area contributed by atoms with E-state index < -0.39 is 0 Å². The lowest BCUT2D eigenvalue weighted by Gasteiger charge is -2.33. The molecule has 1 atom stereocenters. The van der Waals surface area contributed by atoms with E-state index in [-0.39, 0.29) is 12.0 Å². The molecule has 0 amide bonds. The van der Waals surface area contributed by atoms with Crippen LogP contribution >= 0.6 is 0 Å². The average molecular weight is 305 g/mol. The SMILES string of the molecule is COC(=O)C1=C(c2ccccc2)C2c3ccccc3CCN2C1. The molecule has 0 bridgehead atoms. The van der Waals surface area contributed by atoms with Crippen LogP contribution < -0.4 is 0 Å². The molecule has 0 saturated heterocycles. The molecule has 2 aliphatic rings. The highest BCUT2D eigenvalue weighted by Crippen LogP contribution is 2.46. The van der Waals surface area contributed by atoms with Crippen molar-refractivity contribution in [3.63, 3.8) is 0 Å². The van der Waals surface area contributed by atoms with Gasteiger partial charge in [0.05, 0.1) is 18.7 Å². The zero-order valence-electron chi connectivity index (χ0n) is 13.2. The first kappa shape index (κ1) is 14.2. The van der Waals surface area contributed by atoms with E-state index in [0.29, 0.717) is 6.54 Å². The Hall–Kier alpha value is -2.39. The second-order valence-electron chi connectivity index (χ2n) is 6.07. The van der Waals surface area contributed by atoms with Crippen LogP contribution in [-0.2, 0) is 16.0 Å². The third-order valence-electron chi connectivity index (χ3n) is 4.86. The lowest BCUT2D eigenvalue weighted by atomic mass is 9.86. The quantitative estimate of drug-likeness (QED) is 0.798. The summed E-state index contributed by atoms with van der Waals surface area (Å²) < 4.78 is 5.06. The fourth-order valence-electron chi connectivity index (χ4n) is 3.83. The highest BCUT2D eigenvalue weighted by Gasteiger charge is 2.40. The van der Waals surface area contributed by atoms with Crippen LogP contribution in [-0.4, -0.2) is 31.1 Å². The minimum absolute atomic E-state index is 0.149. The zero-order valence-corrected chi connectivity index (χ0v) is 13.2. The molecule has 4 rings (SSSR count). The number of ether oxygens (including phenoxy) is 1. The average Bonchev–Trinajstić information content (AvgIpc) is 3.02. The molecule has 0 radical (unpaired) electrons. The smallest absolute Gasteiger partial charge is 0.335 e. The van der Waals surface area contributed by atoms with Crippen LogP contribution in [0.2, 0.25) is 0 Å². The molecule has 2 aliphatic heterocycles. The molecule has 1 unspecified atom stereocenters. The minimum Gasteiger partial charge on any atom is -0.466 e. The van der Waals surface area contributed by atoms with Gasteiger partial charge in [0.15, 0.2) is 0 Å². The van der Waals surface area contributed by atoms with Gasteiger partial charge in [-0.3, -0.25) is 4.90 Å². The van der Waals surface area contributed by atoms with Gasteiger partial charge in [0.25, 0.3) is 0 Å². The van der Waals surface area contributed by atoms with Crippen molar-refractivity contribution in [2.75, 3.05) is 20.2 Å². The van der Waals surface area contributed by atoms with Crippen LogP contribution in [0.4, 0.5) is 0 Å². The molecule has 0 spiro atoms. The van der Waals surface area contributed by atoms with Crippen molar-refractivity contribution in [1.82, 2.24) is 4.90 Å². The van der Waals surface area contributed by atoms with Crippen molar-refractivity contribution in [3.05, 3.63) is 76.9 Å². The number of benzene rings is 2. The number of methoxy groups -OCH3 is 1. The van der Waals surface area contributed by atoms with Crippen LogP contribution in [0.3, 0.4) is 0 Å². The number of carbonyl (C=O) groups is 1. The van der Waals surface area contributed by atoms with Gasteiger partial charge in [0.1, 0.15) is 0 Å². The van der Waals surface area contributed by atoms with Gasteiger partial charge >= 0.3 is 5.97 Å². The third kappa shape index (κ3) is 2.28. The van der Waals surface area contributed by atoms with E-state index in [1.165, 1.54) is 18.2 Å². The molecule has 3 nitrogen and oxygen atoms in total. The zero-order chi connectivity index (χ0) is 15.8. The van der Waals surface area contributed by atoms with E-state index >= 15 is 0 Å². The Bertz CT molecular complexity index is 779. The number of rotatable bonds is 2. The van der Waals surface area contributed by atoms with E-state index in [0.717, 1.165) is 29.7 Å². The van der Waals surface area contributed by atoms with Crippen molar-refractivity contribution in [2.45, 2.75) is 12.5 Å². The molecule has 0 N–H and O–H groups in total. The number of carbonyl (C=O) groups excluding carboxylic acids is 1. The molecule has 0 aromatic heterocycles. The van der Waals surface area contributed by atoms with Crippen LogP contribution in [0.5, 0.6) is 0 Å². The Kier molecular flexibility index (Phi) is 3.50. The first-order chi connectivity index (χ1) is 11.3. The lowest BCUT2D eigenvalue weighted by molar-refractivity contribution is -0.136. The molecule has 3 heteroatoms. The summed E-state index contributed by atoms with van der Waals surface area (Å²) in [4.78, 5) is 14.7. The standard InChI is InChI=1S/C20H19NO2/c1-23-20(22)17-13-21-12-11-14-7-5-6-10-16(14)19(21)18(17)15-8-3-2-4-9-15/h2-10,19H,11-13H2,1H3. The Labute approximate surface area is 136 Å². The summed E-state index contributed by atoms with van der Waals surface area (Å²) in [5.41, 5.74) is 5.70. The third-order valence-corrected chi connectivity index (χ3v) is 4.86. The molecular formula is C20H19NO2. The molecule has 0 fully saturated rings.